The minimum atomic E-state index is -4.46. The van der Waals surface area contributed by atoms with Crippen molar-refractivity contribution >= 4 is 120 Å². The van der Waals surface area contributed by atoms with Gasteiger partial charge in [-0.1, -0.05) is 161 Å². The summed E-state index contributed by atoms with van der Waals surface area (Å²) in [4.78, 5) is 53.0. The quantitative estimate of drug-likeness (QED) is 0.0230. The fourth-order valence-electron chi connectivity index (χ4n) is 11.9. The van der Waals surface area contributed by atoms with Gasteiger partial charge in [-0.2, -0.15) is 39.5 Å². The second-order valence-corrected chi connectivity index (χ2v) is 64.6. The number of hydrogen-bond donors (Lipinski definition) is 0. The Balaban J connectivity index is 0.000000267. The molecule has 9 nitrogen and oxygen atoms in total. The number of hydrogen-bond acceptors (Lipinski definition) is 9. The first kappa shape index (κ1) is 91.1. The van der Waals surface area contributed by atoms with E-state index in [9.17, 15) is 53.9 Å². The molecule has 6 aromatic carbocycles. The van der Waals surface area contributed by atoms with Crippen LogP contribution in [0.3, 0.4) is 0 Å². The number of likely N-dealkylation sites (N-methyl/N-ethyl adjacent to an activating group) is 3. The van der Waals surface area contributed by atoms with Gasteiger partial charge in [0.15, 0.2) is 0 Å². The third-order valence-electron chi connectivity index (χ3n) is 17.3. The molecular formula is C80H98F9I5N6O3Si. The number of ketones is 3. The average Bonchev–Trinajstić information content (AvgIpc) is 0.819. The zero-order valence-electron chi connectivity index (χ0n) is 60.9. The molecule has 0 aromatic heterocycles. The van der Waals surface area contributed by atoms with Crippen LogP contribution in [0, 0.1) is 27.4 Å². The molecule has 0 radical (unpaired) electrons. The van der Waals surface area contributed by atoms with Gasteiger partial charge in [-0.15, -0.1) is 12.0 Å². The van der Waals surface area contributed by atoms with E-state index in [2.05, 4.69) is 188 Å². The summed E-state index contributed by atoms with van der Waals surface area (Å²) in [6.45, 7) is 30.6. The van der Waals surface area contributed by atoms with Gasteiger partial charge in [0.1, 0.15) is 25.4 Å². The first-order chi connectivity index (χ1) is 48.9. The summed E-state index contributed by atoms with van der Waals surface area (Å²) in [6.07, 6.45) is -7.50. The molecule has 3 saturated heterocycles. The van der Waals surface area contributed by atoms with Crippen LogP contribution in [0.4, 0.5) is 39.5 Å². The van der Waals surface area contributed by atoms with Crippen molar-refractivity contribution in [3.05, 3.63) is 209 Å². The van der Waals surface area contributed by atoms with E-state index < -0.39 is 43.3 Å². The first-order valence-corrected chi connectivity index (χ1v) is 55.4. The summed E-state index contributed by atoms with van der Waals surface area (Å²) in [6, 6.07) is 35.3. The van der Waals surface area contributed by atoms with Crippen molar-refractivity contribution in [1.29, 1.82) is 0 Å². The van der Waals surface area contributed by atoms with Crippen molar-refractivity contribution in [2.75, 3.05) is 103 Å². The Morgan fingerprint density at radius 2 is 0.712 bits per heavy atom. The Morgan fingerprint density at radius 1 is 0.452 bits per heavy atom. The molecule has 3 aliphatic rings. The Bertz CT molecular complexity index is 3790. The molecule has 0 aliphatic carbocycles. The van der Waals surface area contributed by atoms with Crippen LogP contribution in [0.1, 0.15) is 113 Å². The molecular weight excluding hydrogens is 1930 g/mol. The van der Waals surface area contributed by atoms with Crippen molar-refractivity contribution < 1.29 is 53.9 Å². The Hall–Kier alpha value is -3.55. The molecule has 0 unspecified atom stereocenters. The molecule has 568 valence electrons. The van der Waals surface area contributed by atoms with Crippen molar-refractivity contribution in [3.8, 4) is 23.8 Å². The maximum absolute atomic E-state index is 13.9. The van der Waals surface area contributed by atoms with Gasteiger partial charge < -0.3 is 14.7 Å². The maximum atomic E-state index is 13.9. The summed E-state index contributed by atoms with van der Waals surface area (Å²) in [5.74, 6) is 5.35. The van der Waals surface area contributed by atoms with Crippen LogP contribution in [0.15, 0.2) is 127 Å². The SMILES string of the molecule is C#Cc1cccc(CC(=O)Cc2ccc(CN3CCN(CC)CC3)c(C(F)(F)F)c2)c1.CC(C)I.CCN1CCN(Cc2ccc(CC(=O)Cc3cccc(C#C[Si](C)(C)C)c3)cc2C(F)(F)F)CC1.CCN1CCN(Cc2ccc(CC(=O)Cc3cccc(I)c3)cc2C(F)(F)F)CC1.CI(I)I. The van der Waals surface area contributed by atoms with E-state index in [1.54, 1.807) is 54.6 Å². The van der Waals surface area contributed by atoms with E-state index in [1.165, 1.54) is 6.07 Å². The van der Waals surface area contributed by atoms with Crippen molar-refractivity contribution in [2.45, 2.75) is 135 Å². The summed E-state index contributed by atoms with van der Waals surface area (Å²) in [7, 11) is -1.51. The topological polar surface area (TPSA) is 70.7 Å². The summed E-state index contributed by atoms with van der Waals surface area (Å²) in [5, 5.41) is 0. The fraction of sp³-hybridized carbons (Fsp3) is 0.463. The van der Waals surface area contributed by atoms with Gasteiger partial charge in [-0.3, -0.25) is 29.1 Å². The molecule has 0 saturated carbocycles. The van der Waals surface area contributed by atoms with Crippen molar-refractivity contribution in [1.82, 2.24) is 29.4 Å². The van der Waals surface area contributed by atoms with E-state index >= 15 is 0 Å². The third kappa shape index (κ3) is 35.0. The molecule has 24 heteroatoms. The van der Waals surface area contributed by atoms with Crippen LogP contribution in [0.5, 0.6) is 0 Å². The van der Waals surface area contributed by atoms with Gasteiger partial charge in [0.05, 0.1) is 16.7 Å². The molecule has 9 rings (SSSR count). The van der Waals surface area contributed by atoms with Crippen LogP contribution >= 0.6 is 94.3 Å². The van der Waals surface area contributed by atoms with Gasteiger partial charge in [-0.05, 0) is 147 Å². The number of piperazine rings is 3. The molecule has 0 bridgehead atoms. The Labute approximate surface area is 666 Å². The monoisotopic (exact) mass is 2020 g/mol. The van der Waals surface area contributed by atoms with Crippen LogP contribution < -0.4 is 0 Å². The number of carbonyl (C=O) groups is 3. The van der Waals surface area contributed by atoms with Gasteiger partial charge in [0.25, 0.3) is 0 Å². The number of rotatable bonds is 21. The zero-order valence-corrected chi connectivity index (χ0v) is 72.7. The van der Waals surface area contributed by atoms with Gasteiger partial charge in [0, 0.05) is 155 Å². The molecule has 0 N–H and O–H groups in total. The number of carbonyl (C=O) groups excluding carboxylic acids is 3. The number of halogens is 14. The van der Waals surface area contributed by atoms with Gasteiger partial charge in [-0.25, -0.2) is 0 Å². The van der Waals surface area contributed by atoms with Crippen LogP contribution in [-0.4, -0.2) is 162 Å². The molecule has 6 aromatic rings. The number of terminal acetylenes is 1. The first-order valence-electron chi connectivity index (χ1n) is 34.9. The number of alkyl halides is 11. The Morgan fingerprint density at radius 3 is 0.981 bits per heavy atom. The standard InChI is InChI=1S/C28H35F3N2OSi.C25H27F3N2O.C23H26F3IN2O.C3H7I.CH3I3/c1-5-32-12-14-33(15-13-32)21-25-10-9-24(20-27(25)28(29,30)31)19-26(34)18-23-8-6-7-22(17-23)11-16-35(2,3)4;1-3-19-6-5-7-20(14-19)15-23(31)16-21-8-9-22(24(17-21)25(26,27)28)18-30-12-10-29(4-2)11-13-30;1-2-28-8-10-29(11-9-28)16-19-7-6-18(15-22(19)23(24,25)26)14-21(30)13-17-4-3-5-20(27)12-17;1-3(2)4;1-4(2)3/h6-10,17,20H,5,12-15,18-19,21H2,1-4H3;1,5-9,14,17H,4,10-13,15-16,18H2,2H3;3-7,12,15H,2,8-11,13-14,16H2,1H3;3H,1-2H3;1H3. The molecule has 3 heterocycles. The molecule has 104 heavy (non-hydrogen) atoms. The van der Waals surface area contributed by atoms with Gasteiger partial charge in [0.2, 0.25) is 0 Å². The average molecular weight is 2030 g/mol. The predicted octanol–water partition coefficient (Wildman–Crippen LogP) is 19.1. The predicted molar refractivity (Wildman–Crippen MR) is 451 cm³/mol. The van der Waals surface area contributed by atoms with E-state index in [0.29, 0.717) is 22.3 Å². The molecule has 3 fully saturated rings. The van der Waals surface area contributed by atoms with E-state index in [4.69, 9.17) is 6.42 Å². The molecule has 0 spiro atoms. The van der Waals surface area contributed by atoms with Crippen molar-refractivity contribution in [3.63, 3.8) is 0 Å². The molecule has 3 aliphatic heterocycles. The van der Waals surface area contributed by atoms with Crippen LogP contribution in [0.25, 0.3) is 0 Å². The van der Waals surface area contributed by atoms with E-state index in [1.807, 2.05) is 48.5 Å². The summed E-state index contributed by atoms with van der Waals surface area (Å²) < 4.78 is 126. The van der Waals surface area contributed by atoms with Crippen LogP contribution in [-0.2, 0) is 91.1 Å². The van der Waals surface area contributed by atoms with E-state index in [-0.39, 0.29) is 104 Å². The second kappa shape index (κ2) is 44.9. The molecule has 0 amide bonds. The third-order valence-corrected chi connectivity index (χ3v) is 18.8. The summed E-state index contributed by atoms with van der Waals surface area (Å²) >= 11 is 9.17. The number of Topliss-reactive ketones (excluding diaryl/α,β-unsaturated/α-hetero) is 3. The molecule has 0 atom stereocenters. The zero-order chi connectivity index (χ0) is 77.0. The normalized spacial score (nSPS) is 15.3. The minimum absolute atomic E-state index is 0.00398. The van der Waals surface area contributed by atoms with E-state index in [0.717, 1.165) is 146 Å². The number of benzene rings is 6. The van der Waals surface area contributed by atoms with Gasteiger partial charge >= 0.3 is 72.6 Å². The second-order valence-electron chi connectivity index (χ2n) is 27.3. The number of nitrogens with zero attached hydrogens (tertiary/aromatic N) is 6. The van der Waals surface area contributed by atoms with Crippen molar-refractivity contribution in [2.24, 2.45) is 0 Å². The summed E-state index contributed by atoms with van der Waals surface area (Å²) in [5.41, 5.74) is 7.42. The van der Waals surface area contributed by atoms with Crippen LogP contribution in [0.2, 0.25) is 19.6 Å². The Kier molecular flexibility index (Phi) is 39.3. The fourth-order valence-corrected chi connectivity index (χ4v) is 13.0.